The van der Waals surface area contributed by atoms with Crippen LogP contribution in [0.2, 0.25) is 5.02 Å². The number of benzene rings is 1. The highest BCUT2D eigenvalue weighted by Crippen LogP contribution is 2.40. The lowest BCUT2D eigenvalue weighted by Crippen LogP contribution is -2.42. The summed E-state index contributed by atoms with van der Waals surface area (Å²) in [5.74, 6) is 0. The Morgan fingerprint density at radius 2 is 1.89 bits per heavy atom. The number of hydrogen-bond donors (Lipinski definition) is 0. The number of halogens is 4. The normalized spacial score (nSPS) is 16.4. The highest BCUT2D eigenvalue weighted by atomic mass is 35.5. The van der Waals surface area contributed by atoms with Crippen LogP contribution in [-0.2, 0) is 10.0 Å². The van der Waals surface area contributed by atoms with Gasteiger partial charge in [-0.05, 0) is 30.5 Å². The van der Waals surface area contributed by atoms with Crippen molar-refractivity contribution in [2.24, 2.45) is 0 Å². The molecular weight excluding hydrogens is 419 g/mol. The standard InChI is InChI=1S/C17H17ClF3N3O3S/c1-2-23(16(17(19,20)21)11-3-5-12(18)6-4-11)28(26,27)14-9-15(25)24(22-10-14)13-7-8-13/h3-6,9-10,13,16H,2,7-8H2,1H3. The van der Waals surface area contributed by atoms with E-state index in [0.29, 0.717) is 4.31 Å². The smallest absolute Gasteiger partial charge is 0.268 e. The molecule has 1 atom stereocenters. The van der Waals surface area contributed by atoms with E-state index in [9.17, 15) is 26.4 Å². The Morgan fingerprint density at radius 3 is 2.36 bits per heavy atom. The largest absolute Gasteiger partial charge is 0.409 e. The third kappa shape index (κ3) is 4.08. The Labute approximate surface area is 164 Å². The number of alkyl halides is 3. The molecule has 28 heavy (non-hydrogen) atoms. The SMILES string of the molecule is CCN(C(c1ccc(Cl)cc1)C(F)(F)F)S(=O)(=O)c1cnn(C2CC2)c(=O)c1. The van der Waals surface area contributed by atoms with Crippen LogP contribution in [-0.4, -0.2) is 35.2 Å². The minimum atomic E-state index is -4.88. The molecule has 0 saturated heterocycles. The second-order valence-electron chi connectivity index (χ2n) is 6.41. The number of rotatable bonds is 6. The zero-order valence-electron chi connectivity index (χ0n) is 14.7. The molecule has 0 radical (unpaired) electrons. The van der Waals surface area contributed by atoms with Crippen molar-refractivity contribution in [1.82, 2.24) is 14.1 Å². The summed E-state index contributed by atoms with van der Waals surface area (Å²) in [6.07, 6.45) is -2.44. The third-order valence-corrected chi connectivity index (χ3v) is 6.55. The molecular formula is C17H17ClF3N3O3S. The highest BCUT2D eigenvalue weighted by Gasteiger charge is 2.48. The maximum absolute atomic E-state index is 13.8. The van der Waals surface area contributed by atoms with Gasteiger partial charge in [-0.3, -0.25) is 4.79 Å². The van der Waals surface area contributed by atoms with E-state index in [-0.39, 0.29) is 16.6 Å². The van der Waals surface area contributed by atoms with Crippen LogP contribution in [0.5, 0.6) is 0 Å². The fraction of sp³-hybridized carbons (Fsp3) is 0.412. The summed E-state index contributed by atoms with van der Waals surface area (Å²) in [7, 11) is -4.63. The lowest BCUT2D eigenvalue weighted by Gasteiger charge is -2.31. The summed E-state index contributed by atoms with van der Waals surface area (Å²) in [5.41, 5.74) is -0.934. The van der Waals surface area contributed by atoms with Gasteiger partial charge in [0.05, 0.1) is 12.2 Å². The lowest BCUT2D eigenvalue weighted by molar-refractivity contribution is -0.173. The summed E-state index contributed by atoms with van der Waals surface area (Å²) in [4.78, 5) is 11.6. The van der Waals surface area contributed by atoms with Crippen molar-refractivity contribution < 1.29 is 21.6 Å². The first-order valence-electron chi connectivity index (χ1n) is 8.48. The quantitative estimate of drug-likeness (QED) is 0.695. The van der Waals surface area contributed by atoms with E-state index in [1.54, 1.807) is 0 Å². The van der Waals surface area contributed by atoms with Crippen molar-refractivity contribution in [2.45, 2.75) is 42.9 Å². The fourth-order valence-electron chi connectivity index (χ4n) is 2.93. The monoisotopic (exact) mass is 435 g/mol. The van der Waals surface area contributed by atoms with E-state index < -0.39 is 39.2 Å². The summed E-state index contributed by atoms with van der Waals surface area (Å²) in [6.45, 7) is 0.839. The molecule has 1 unspecified atom stereocenters. The van der Waals surface area contributed by atoms with Gasteiger partial charge in [0.15, 0.2) is 0 Å². The Bertz CT molecular complexity index is 1020. The van der Waals surface area contributed by atoms with Crippen LogP contribution in [0.15, 0.2) is 46.2 Å². The molecule has 1 aliphatic rings. The molecule has 0 spiro atoms. The Hall–Kier alpha value is -1.91. The zero-order valence-corrected chi connectivity index (χ0v) is 16.3. The van der Waals surface area contributed by atoms with Crippen molar-refractivity contribution >= 4 is 21.6 Å². The molecule has 0 N–H and O–H groups in total. The van der Waals surface area contributed by atoms with Gasteiger partial charge in [-0.25, -0.2) is 13.1 Å². The van der Waals surface area contributed by atoms with Crippen LogP contribution < -0.4 is 5.56 Å². The van der Waals surface area contributed by atoms with E-state index in [4.69, 9.17) is 11.6 Å². The van der Waals surface area contributed by atoms with Crippen molar-refractivity contribution in [2.75, 3.05) is 6.54 Å². The lowest BCUT2D eigenvalue weighted by atomic mass is 10.1. The summed E-state index contributed by atoms with van der Waals surface area (Å²) in [6, 6.07) is 3.08. The summed E-state index contributed by atoms with van der Waals surface area (Å²) < 4.78 is 68.8. The van der Waals surface area contributed by atoms with Crippen LogP contribution in [0.4, 0.5) is 13.2 Å². The topological polar surface area (TPSA) is 72.3 Å². The van der Waals surface area contributed by atoms with Crippen LogP contribution in [0.25, 0.3) is 0 Å². The predicted molar refractivity (Wildman–Crippen MR) is 96.6 cm³/mol. The second-order valence-corrected chi connectivity index (χ2v) is 8.74. The molecule has 1 saturated carbocycles. The van der Waals surface area contributed by atoms with Crippen LogP contribution >= 0.6 is 11.6 Å². The van der Waals surface area contributed by atoms with Gasteiger partial charge < -0.3 is 0 Å². The molecule has 0 bridgehead atoms. The molecule has 1 aromatic heterocycles. The van der Waals surface area contributed by atoms with Gasteiger partial charge in [0.2, 0.25) is 10.0 Å². The van der Waals surface area contributed by atoms with Crippen LogP contribution in [0, 0.1) is 0 Å². The Morgan fingerprint density at radius 1 is 1.29 bits per heavy atom. The van der Waals surface area contributed by atoms with Gasteiger partial charge in [-0.1, -0.05) is 30.7 Å². The average molecular weight is 436 g/mol. The molecule has 11 heteroatoms. The predicted octanol–water partition coefficient (Wildman–Crippen LogP) is 3.55. The van der Waals surface area contributed by atoms with Gasteiger partial charge in [0.1, 0.15) is 10.9 Å². The van der Waals surface area contributed by atoms with Crippen LogP contribution in [0.1, 0.15) is 37.4 Å². The highest BCUT2D eigenvalue weighted by molar-refractivity contribution is 7.89. The minimum Gasteiger partial charge on any atom is -0.268 e. The Kier molecular flexibility index (Phi) is 5.57. The number of nitrogens with zero attached hydrogens (tertiary/aromatic N) is 3. The molecule has 1 fully saturated rings. The van der Waals surface area contributed by atoms with Crippen molar-refractivity contribution in [1.29, 1.82) is 0 Å². The molecule has 6 nitrogen and oxygen atoms in total. The molecule has 0 aliphatic heterocycles. The van der Waals surface area contributed by atoms with Crippen LogP contribution in [0.3, 0.4) is 0 Å². The first kappa shape index (κ1) is 20.8. The van der Waals surface area contributed by atoms with Crippen molar-refractivity contribution in [3.05, 3.63) is 57.5 Å². The molecule has 2 aromatic rings. The minimum absolute atomic E-state index is 0.0801. The van der Waals surface area contributed by atoms with E-state index in [1.165, 1.54) is 19.1 Å². The molecule has 1 heterocycles. The number of hydrogen-bond acceptors (Lipinski definition) is 4. The second kappa shape index (κ2) is 7.49. The van der Waals surface area contributed by atoms with Gasteiger partial charge in [-0.2, -0.15) is 22.6 Å². The van der Waals surface area contributed by atoms with E-state index >= 15 is 0 Å². The molecule has 152 valence electrons. The maximum atomic E-state index is 13.8. The molecule has 0 amide bonds. The zero-order chi connectivity index (χ0) is 20.7. The average Bonchev–Trinajstić information content (AvgIpc) is 3.44. The number of sulfonamides is 1. The summed E-state index contributed by atoms with van der Waals surface area (Å²) >= 11 is 5.73. The maximum Gasteiger partial charge on any atom is 0.409 e. The Balaban J connectivity index is 2.06. The third-order valence-electron chi connectivity index (χ3n) is 4.40. The van der Waals surface area contributed by atoms with Gasteiger partial charge in [0.25, 0.3) is 5.56 Å². The first-order valence-corrected chi connectivity index (χ1v) is 10.3. The van der Waals surface area contributed by atoms with Gasteiger partial charge in [-0.15, -0.1) is 0 Å². The summed E-state index contributed by atoms with van der Waals surface area (Å²) in [5, 5.41) is 4.05. The number of aromatic nitrogens is 2. The first-order chi connectivity index (χ1) is 13.1. The molecule has 1 aliphatic carbocycles. The van der Waals surface area contributed by atoms with E-state index in [0.717, 1.165) is 41.9 Å². The van der Waals surface area contributed by atoms with E-state index in [2.05, 4.69) is 5.10 Å². The van der Waals surface area contributed by atoms with Gasteiger partial charge >= 0.3 is 6.18 Å². The van der Waals surface area contributed by atoms with E-state index in [1.807, 2.05) is 0 Å². The molecule has 3 rings (SSSR count). The van der Waals surface area contributed by atoms with Crippen molar-refractivity contribution in [3.8, 4) is 0 Å². The van der Waals surface area contributed by atoms with Gasteiger partial charge in [0, 0.05) is 17.6 Å². The molecule has 1 aromatic carbocycles. The fourth-order valence-corrected chi connectivity index (χ4v) is 4.61. The van der Waals surface area contributed by atoms with Crippen molar-refractivity contribution in [3.63, 3.8) is 0 Å².